The number of unbranched alkanes of at least 4 members (excludes halogenated alkanes) is 2. The maximum Gasteiger partial charge on any atom is 0.0251 e. The number of hydrogen-bond acceptors (Lipinski definition) is 0. The summed E-state index contributed by atoms with van der Waals surface area (Å²) in [5.74, 6) is 13.0. The van der Waals surface area contributed by atoms with E-state index in [9.17, 15) is 0 Å². The molecule has 0 nitrogen and oxygen atoms in total. The third-order valence-electron chi connectivity index (χ3n) is 4.97. The standard InChI is InChI=1S/C28H24/c1-3-5-7-9-21-11-13-23-17-28-20-26-16-22(10-8-6-4-2)12-14-24(26)18-27(28)19-25(23)15-21/h11-20H,3-6H2,1-2H3. The second-order valence-electron chi connectivity index (χ2n) is 7.28. The lowest BCUT2D eigenvalue weighted by molar-refractivity contribution is 0.983. The van der Waals surface area contributed by atoms with Crippen LogP contribution >= 0.6 is 0 Å². The molecule has 0 saturated heterocycles. The molecular formula is C28H24. The zero-order valence-corrected chi connectivity index (χ0v) is 16.6. The van der Waals surface area contributed by atoms with E-state index in [2.05, 4.69) is 98.2 Å². The minimum absolute atomic E-state index is 0.951. The van der Waals surface area contributed by atoms with E-state index in [1.165, 1.54) is 32.3 Å². The summed E-state index contributed by atoms with van der Waals surface area (Å²) in [4.78, 5) is 0. The molecule has 0 saturated carbocycles. The van der Waals surface area contributed by atoms with Gasteiger partial charge in [-0.05, 0) is 93.7 Å². The molecule has 0 heterocycles. The first-order valence-corrected chi connectivity index (χ1v) is 10.2. The van der Waals surface area contributed by atoms with Gasteiger partial charge in [0.15, 0.2) is 0 Å². The Morgan fingerprint density at radius 1 is 0.500 bits per heavy atom. The highest BCUT2D eigenvalue weighted by Gasteiger charge is 2.03. The van der Waals surface area contributed by atoms with Gasteiger partial charge in [0.1, 0.15) is 0 Å². The van der Waals surface area contributed by atoms with Gasteiger partial charge in [-0.3, -0.25) is 0 Å². The van der Waals surface area contributed by atoms with Crippen LogP contribution in [0.15, 0.2) is 60.7 Å². The first kappa shape index (κ1) is 18.2. The summed E-state index contributed by atoms with van der Waals surface area (Å²) in [6.45, 7) is 4.32. The summed E-state index contributed by atoms with van der Waals surface area (Å²) >= 11 is 0. The molecule has 0 amide bonds. The Balaban J connectivity index is 1.79. The summed E-state index contributed by atoms with van der Waals surface area (Å²) in [5, 5.41) is 7.54. The van der Waals surface area contributed by atoms with E-state index in [1.807, 2.05) is 0 Å². The molecule has 4 aromatic carbocycles. The van der Waals surface area contributed by atoms with Crippen LogP contribution in [0.25, 0.3) is 32.3 Å². The maximum atomic E-state index is 3.28. The van der Waals surface area contributed by atoms with Crippen LogP contribution in [0.2, 0.25) is 0 Å². The quantitative estimate of drug-likeness (QED) is 0.257. The van der Waals surface area contributed by atoms with Gasteiger partial charge in [-0.1, -0.05) is 49.7 Å². The molecule has 28 heavy (non-hydrogen) atoms. The predicted octanol–water partition coefficient (Wildman–Crippen LogP) is 7.45. The zero-order chi connectivity index (χ0) is 19.3. The smallest absolute Gasteiger partial charge is 0.0251 e. The number of benzene rings is 4. The van der Waals surface area contributed by atoms with Gasteiger partial charge in [-0.15, -0.1) is 0 Å². The third-order valence-corrected chi connectivity index (χ3v) is 4.97. The maximum absolute atomic E-state index is 3.28. The van der Waals surface area contributed by atoms with Crippen molar-refractivity contribution < 1.29 is 0 Å². The molecule has 0 aliphatic rings. The van der Waals surface area contributed by atoms with Gasteiger partial charge in [-0.25, -0.2) is 0 Å². The van der Waals surface area contributed by atoms with E-state index in [1.54, 1.807) is 0 Å². The van der Waals surface area contributed by atoms with Gasteiger partial charge in [0.2, 0.25) is 0 Å². The highest BCUT2D eigenvalue weighted by Crippen LogP contribution is 2.28. The van der Waals surface area contributed by atoms with Crippen LogP contribution in [0.3, 0.4) is 0 Å². The van der Waals surface area contributed by atoms with Crippen molar-refractivity contribution in [3.8, 4) is 23.7 Å². The van der Waals surface area contributed by atoms with Crippen molar-refractivity contribution >= 4 is 32.3 Å². The molecule has 0 spiro atoms. The number of fused-ring (bicyclic) bond motifs is 3. The molecule has 4 aromatic rings. The van der Waals surface area contributed by atoms with E-state index >= 15 is 0 Å². The van der Waals surface area contributed by atoms with Gasteiger partial charge in [0.25, 0.3) is 0 Å². The monoisotopic (exact) mass is 360 g/mol. The van der Waals surface area contributed by atoms with Crippen molar-refractivity contribution in [1.29, 1.82) is 0 Å². The minimum Gasteiger partial charge on any atom is -0.0979 e. The van der Waals surface area contributed by atoms with Gasteiger partial charge in [-0.2, -0.15) is 0 Å². The third kappa shape index (κ3) is 3.88. The van der Waals surface area contributed by atoms with Crippen molar-refractivity contribution in [2.45, 2.75) is 39.5 Å². The van der Waals surface area contributed by atoms with Crippen molar-refractivity contribution in [2.75, 3.05) is 0 Å². The van der Waals surface area contributed by atoms with Gasteiger partial charge >= 0.3 is 0 Å². The summed E-state index contributed by atoms with van der Waals surface area (Å²) in [7, 11) is 0. The summed E-state index contributed by atoms with van der Waals surface area (Å²) in [6, 6.07) is 22.1. The Hall–Kier alpha value is -3.22. The van der Waals surface area contributed by atoms with Crippen LogP contribution in [0.1, 0.15) is 50.7 Å². The molecule has 0 atom stereocenters. The van der Waals surface area contributed by atoms with E-state index in [0.717, 1.165) is 36.8 Å². The van der Waals surface area contributed by atoms with Crippen LogP contribution in [0.5, 0.6) is 0 Å². The normalized spacial score (nSPS) is 10.5. The minimum atomic E-state index is 0.951. The average molecular weight is 361 g/mol. The van der Waals surface area contributed by atoms with Crippen LogP contribution < -0.4 is 0 Å². The van der Waals surface area contributed by atoms with Crippen molar-refractivity contribution in [3.05, 3.63) is 71.8 Å². The van der Waals surface area contributed by atoms with Crippen LogP contribution in [-0.4, -0.2) is 0 Å². The Kier molecular flexibility index (Phi) is 5.32. The summed E-state index contributed by atoms with van der Waals surface area (Å²) < 4.78 is 0. The Morgan fingerprint density at radius 2 is 0.893 bits per heavy atom. The molecule has 0 radical (unpaired) electrons. The largest absolute Gasteiger partial charge is 0.0979 e. The van der Waals surface area contributed by atoms with E-state index in [-0.39, 0.29) is 0 Å². The predicted molar refractivity (Wildman–Crippen MR) is 123 cm³/mol. The molecular weight excluding hydrogens is 336 g/mol. The fourth-order valence-corrected chi connectivity index (χ4v) is 3.48. The molecule has 0 aromatic heterocycles. The Morgan fingerprint density at radius 3 is 1.32 bits per heavy atom. The SMILES string of the molecule is CCCC#Cc1ccc2cc3cc4cc(C#CCCC)ccc4cc3cc2c1. The summed E-state index contributed by atoms with van der Waals surface area (Å²) in [6.07, 6.45) is 4.10. The topological polar surface area (TPSA) is 0 Å². The first-order chi connectivity index (χ1) is 13.8. The molecule has 0 aliphatic heterocycles. The lowest BCUT2D eigenvalue weighted by atomic mass is 9.98. The average Bonchev–Trinajstić information content (AvgIpc) is 2.71. The number of hydrogen-bond donors (Lipinski definition) is 0. The molecule has 0 unspecified atom stereocenters. The fourth-order valence-electron chi connectivity index (χ4n) is 3.48. The zero-order valence-electron chi connectivity index (χ0n) is 16.6. The lowest BCUT2D eigenvalue weighted by Crippen LogP contribution is -1.82. The fraction of sp³-hybridized carbons (Fsp3) is 0.214. The summed E-state index contributed by atoms with van der Waals surface area (Å²) in [5.41, 5.74) is 2.19. The van der Waals surface area contributed by atoms with Gasteiger partial charge < -0.3 is 0 Å². The molecule has 0 N–H and O–H groups in total. The Bertz CT molecular complexity index is 1180. The lowest BCUT2D eigenvalue weighted by Gasteiger charge is -2.06. The second kappa shape index (κ2) is 8.21. The molecule has 4 rings (SSSR count). The van der Waals surface area contributed by atoms with Crippen LogP contribution in [0.4, 0.5) is 0 Å². The molecule has 0 heteroatoms. The van der Waals surface area contributed by atoms with Crippen LogP contribution in [-0.2, 0) is 0 Å². The molecule has 136 valence electrons. The molecule has 0 bridgehead atoms. The highest BCUT2D eigenvalue weighted by atomic mass is 14.1. The van der Waals surface area contributed by atoms with E-state index in [4.69, 9.17) is 0 Å². The Labute approximate surface area is 167 Å². The highest BCUT2D eigenvalue weighted by molar-refractivity contribution is 6.05. The first-order valence-electron chi connectivity index (χ1n) is 10.2. The van der Waals surface area contributed by atoms with Crippen molar-refractivity contribution in [1.82, 2.24) is 0 Å². The van der Waals surface area contributed by atoms with Crippen molar-refractivity contribution in [3.63, 3.8) is 0 Å². The van der Waals surface area contributed by atoms with Crippen molar-refractivity contribution in [2.24, 2.45) is 0 Å². The van der Waals surface area contributed by atoms with Crippen LogP contribution in [0, 0.1) is 23.7 Å². The van der Waals surface area contributed by atoms with E-state index in [0.29, 0.717) is 0 Å². The van der Waals surface area contributed by atoms with E-state index < -0.39 is 0 Å². The van der Waals surface area contributed by atoms with Gasteiger partial charge in [0, 0.05) is 24.0 Å². The number of rotatable bonds is 2. The second-order valence-corrected chi connectivity index (χ2v) is 7.28. The molecule has 0 fully saturated rings. The molecule has 0 aliphatic carbocycles. The van der Waals surface area contributed by atoms with Gasteiger partial charge in [0.05, 0.1) is 0 Å².